The van der Waals surface area contributed by atoms with E-state index in [-0.39, 0.29) is 0 Å². The second-order valence-corrected chi connectivity index (χ2v) is 2.91. The Morgan fingerprint density at radius 2 is 2.29 bits per heavy atom. The van der Waals surface area contributed by atoms with E-state index in [0.29, 0.717) is 0 Å². The largest absolute Gasteiger partial charge is 0.299 e. The van der Waals surface area contributed by atoms with Crippen LogP contribution in [0.5, 0.6) is 0 Å². The van der Waals surface area contributed by atoms with Gasteiger partial charge >= 0.3 is 0 Å². The Labute approximate surface area is 44.5 Å². The molecule has 1 heteroatoms. The SMILES string of the molecule is CC[N+]12CC1[C@@H]2C. The van der Waals surface area contributed by atoms with Gasteiger partial charge in [-0.1, -0.05) is 0 Å². The topological polar surface area (TPSA) is 0 Å². The molecule has 0 aliphatic carbocycles. The molecule has 0 saturated carbocycles. The smallest absolute Gasteiger partial charge is 0.191 e. The van der Waals surface area contributed by atoms with Crippen LogP contribution in [0.25, 0.3) is 0 Å². The first kappa shape index (κ1) is 3.90. The molecule has 2 aliphatic heterocycles. The van der Waals surface area contributed by atoms with Crippen LogP contribution < -0.4 is 0 Å². The van der Waals surface area contributed by atoms with Gasteiger partial charge in [-0.2, -0.15) is 0 Å². The van der Waals surface area contributed by atoms with Crippen molar-refractivity contribution in [3.63, 3.8) is 0 Å². The molecule has 0 aromatic heterocycles. The predicted octanol–water partition coefficient (Wildman–Crippen LogP) is 0.607. The summed E-state index contributed by atoms with van der Waals surface area (Å²) in [6.45, 7) is 7.53. The zero-order chi connectivity index (χ0) is 5.07. The fraction of sp³-hybridized carbons (Fsp3) is 1.00. The summed E-state index contributed by atoms with van der Waals surface area (Å²) >= 11 is 0. The maximum Gasteiger partial charge on any atom is 0.191 e. The predicted molar refractivity (Wildman–Crippen MR) is 28.9 cm³/mol. The zero-order valence-electron chi connectivity index (χ0n) is 5.02. The van der Waals surface area contributed by atoms with E-state index in [0.717, 1.165) is 12.1 Å². The molecular weight excluding hydrogens is 86.1 g/mol. The van der Waals surface area contributed by atoms with Crippen LogP contribution in [0.4, 0.5) is 0 Å². The summed E-state index contributed by atoms with van der Waals surface area (Å²) in [4.78, 5) is 0. The Morgan fingerprint density at radius 3 is 2.29 bits per heavy atom. The third-order valence-corrected chi connectivity index (χ3v) is 2.92. The minimum atomic E-state index is 1.05. The van der Waals surface area contributed by atoms with Crippen molar-refractivity contribution < 1.29 is 4.48 Å². The van der Waals surface area contributed by atoms with Crippen molar-refractivity contribution in [2.75, 3.05) is 13.1 Å². The van der Waals surface area contributed by atoms with Gasteiger partial charge in [0.05, 0.1) is 6.54 Å². The molecule has 7 heavy (non-hydrogen) atoms. The Bertz CT molecular complexity index is 105. The lowest BCUT2D eigenvalue weighted by atomic mass is 10.3. The Balaban J connectivity index is 2.08. The van der Waals surface area contributed by atoms with E-state index in [2.05, 4.69) is 13.8 Å². The van der Waals surface area contributed by atoms with Crippen LogP contribution in [-0.4, -0.2) is 29.7 Å². The Hall–Kier alpha value is -0.0400. The number of rotatable bonds is 1. The number of fused-ring (bicyclic) bond motifs is 1. The average molecular weight is 98.2 g/mol. The molecule has 2 unspecified atom stereocenters. The monoisotopic (exact) mass is 98.1 g/mol. The molecular formula is C6H12N+. The number of likely N-dealkylation sites (N-methyl/N-ethyl adjacent to an activating group) is 1. The van der Waals surface area contributed by atoms with Crippen LogP contribution in [0.1, 0.15) is 13.8 Å². The Kier molecular flexibility index (Phi) is 0.419. The van der Waals surface area contributed by atoms with Gasteiger partial charge in [0.25, 0.3) is 0 Å². The highest BCUT2D eigenvalue weighted by Gasteiger charge is 2.79. The van der Waals surface area contributed by atoms with Gasteiger partial charge in [-0.25, -0.2) is 0 Å². The molecule has 0 spiro atoms. The third kappa shape index (κ3) is 0.235. The van der Waals surface area contributed by atoms with E-state index in [1.54, 1.807) is 0 Å². The van der Waals surface area contributed by atoms with Gasteiger partial charge in [0.2, 0.25) is 0 Å². The van der Waals surface area contributed by atoms with Crippen LogP contribution >= 0.6 is 0 Å². The molecule has 3 atom stereocenters. The van der Waals surface area contributed by atoms with Crippen molar-refractivity contribution in [2.45, 2.75) is 25.9 Å². The molecule has 0 aromatic carbocycles. The summed E-state index contributed by atoms with van der Waals surface area (Å²) < 4.78 is 1.47. The summed E-state index contributed by atoms with van der Waals surface area (Å²) in [6, 6.07) is 2.16. The van der Waals surface area contributed by atoms with Crippen LogP contribution in [-0.2, 0) is 0 Å². The van der Waals surface area contributed by atoms with Gasteiger partial charge in [-0.15, -0.1) is 0 Å². The number of nitrogens with zero attached hydrogens (tertiary/aromatic N) is 1. The first-order chi connectivity index (χ1) is 3.31. The van der Waals surface area contributed by atoms with Crippen molar-refractivity contribution in [2.24, 2.45) is 0 Å². The maximum atomic E-state index is 2.36. The molecule has 0 amide bonds. The lowest BCUT2D eigenvalue weighted by Gasteiger charge is -2.01. The van der Waals surface area contributed by atoms with E-state index in [1.807, 2.05) is 0 Å². The highest BCUT2D eigenvalue weighted by atomic mass is 15.7. The van der Waals surface area contributed by atoms with Crippen molar-refractivity contribution in [1.82, 2.24) is 0 Å². The summed E-state index contributed by atoms with van der Waals surface area (Å²) in [6.07, 6.45) is 0. The fourth-order valence-electron chi connectivity index (χ4n) is 1.84. The fourth-order valence-corrected chi connectivity index (χ4v) is 1.84. The van der Waals surface area contributed by atoms with Crippen LogP contribution in [0.3, 0.4) is 0 Å². The maximum absolute atomic E-state index is 2.36. The van der Waals surface area contributed by atoms with Crippen molar-refractivity contribution in [1.29, 1.82) is 0 Å². The number of quaternary nitrogens is 1. The molecule has 0 N–H and O–H groups in total. The van der Waals surface area contributed by atoms with Crippen LogP contribution in [0.15, 0.2) is 0 Å². The van der Waals surface area contributed by atoms with Gasteiger partial charge in [0.1, 0.15) is 12.6 Å². The quantitative estimate of drug-likeness (QED) is 0.333. The first-order valence-electron chi connectivity index (χ1n) is 3.17. The lowest BCUT2D eigenvalue weighted by Crippen LogP contribution is -2.17. The summed E-state index contributed by atoms with van der Waals surface area (Å²) in [7, 11) is 0. The molecule has 2 heterocycles. The minimum Gasteiger partial charge on any atom is -0.299 e. The third-order valence-electron chi connectivity index (χ3n) is 2.92. The molecule has 2 aliphatic rings. The summed E-state index contributed by atoms with van der Waals surface area (Å²) in [5.74, 6) is 0. The number of hydrogen-bond donors (Lipinski definition) is 0. The molecule has 40 valence electrons. The van der Waals surface area contributed by atoms with E-state index in [4.69, 9.17) is 0 Å². The molecule has 0 radical (unpaired) electrons. The van der Waals surface area contributed by atoms with Gasteiger partial charge in [0.15, 0.2) is 6.04 Å². The molecule has 1 nitrogen and oxygen atoms in total. The van der Waals surface area contributed by atoms with E-state index in [1.165, 1.54) is 17.6 Å². The van der Waals surface area contributed by atoms with Gasteiger partial charge in [-0.3, -0.25) is 4.48 Å². The normalized spacial score (nSPS) is 64.3. The van der Waals surface area contributed by atoms with E-state index >= 15 is 0 Å². The lowest BCUT2D eigenvalue weighted by molar-refractivity contribution is -0.717. The molecule has 0 bridgehead atoms. The van der Waals surface area contributed by atoms with Gasteiger partial charge in [-0.05, 0) is 13.8 Å². The van der Waals surface area contributed by atoms with E-state index in [9.17, 15) is 0 Å². The average Bonchev–Trinajstić information content (AvgIpc) is 2.49. The summed E-state index contributed by atoms with van der Waals surface area (Å²) in [5, 5.41) is 0. The van der Waals surface area contributed by atoms with Crippen LogP contribution in [0, 0.1) is 0 Å². The van der Waals surface area contributed by atoms with Gasteiger partial charge < -0.3 is 0 Å². The molecule has 2 rings (SSSR count). The molecule has 2 saturated heterocycles. The van der Waals surface area contributed by atoms with Gasteiger partial charge in [0, 0.05) is 0 Å². The van der Waals surface area contributed by atoms with E-state index < -0.39 is 0 Å². The van der Waals surface area contributed by atoms with Crippen molar-refractivity contribution in [3.8, 4) is 0 Å². The van der Waals surface area contributed by atoms with Crippen molar-refractivity contribution in [3.05, 3.63) is 0 Å². The summed E-state index contributed by atoms with van der Waals surface area (Å²) in [5.41, 5.74) is 0. The molecule has 0 aromatic rings. The highest BCUT2D eigenvalue weighted by molar-refractivity contribution is 4.98. The first-order valence-corrected chi connectivity index (χ1v) is 3.17. The second-order valence-electron chi connectivity index (χ2n) is 2.91. The van der Waals surface area contributed by atoms with Crippen LogP contribution in [0.2, 0.25) is 0 Å². The standard InChI is InChI=1S/C6H12N/c1-3-7-4-6(7)5(7)2/h5-6H,3-4H2,1-2H3/q+1/t5-,6?,7?/m0/s1. The number of hydrogen-bond acceptors (Lipinski definition) is 0. The second kappa shape index (κ2) is 0.752. The van der Waals surface area contributed by atoms with Crippen molar-refractivity contribution >= 4 is 0 Å². The zero-order valence-corrected chi connectivity index (χ0v) is 5.02. The molecule has 2 fully saturated rings. The highest BCUT2D eigenvalue weighted by Crippen LogP contribution is 2.54. The Morgan fingerprint density at radius 1 is 1.71 bits per heavy atom. The minimum absolute atomic E-state index is 1.05.